The molecule has 0 amide bonds. The Bertz CT molecular complexity index is 1240. The quantitative estimate of drug-likeness (QED) is 0.365. The maximum absolute atomic E-state index is 12.6. The fourth-order valence-electron chi connectivity index (χ4n) is 4.23. The van der Waals surface area contributed by atoms with E-state index in [-0.39, 0.29) is 5.75 Å². The third-order valence-electron chi connectivity index (χ3n) is 6.55. The highest BCUT2D eigenvalue weighted by Gasteiger charge is 2.26. The van der Waals surface area contributed by atoms with Crippen LogP contribution in [0.15, 0.2) is 54.9 Å². The van der Waals surface area contributed by atoms with Gasteiger partial charge in [0, 0.05) is 37.6 Å². The van der Waals surface area contributed by atoms with E-state index in [1.54, 1.807) is 4.31 Å². The first kappa shape index (κ1) is 26.3. The van der Waals surface area contributed by atoms with Crippen LogP contribution in [0.5, 0.6) is 5.75 Å². The van der Waals surface area contributed by atoms with E-state index in [0.717, 1.165) is 47.5 Å². The molecule has 0 fully saturated rings. The van der Waals surface area contributed by atoms with Crippen LogP contribution in [0.4, 0.5) is 0 Å². The van der Waals surface area contributed by atoms with E-state index in [9.17, 15) is 8.42 Å². The van der Waals surface area contributed by atoms with E-state index >= 15 is 0 Å². The highest BCUT2D eigenvalue weighted by Crippen LogP contribution is 2.26. The lowest BCUT2D eigenvalue weighted by molar-refractivity contribution is 0.309. The fourth-order valence-corrected chi connectivity index (χ4v) is 5.79. The molecular weight excluding hydrogens is 472 g/mol. The van der Waals surface area contributed by atoms with Gasteiger partial charge in [-0.15, -0.1) is 0 Å². The topological polar surface area (TPSA) is 75.6 Å². The van der Waals surface area contributed by atoms with E-state index in [2.05, 4.69) is 47.2 Å². The maximum atomic E-state index is 12.6. The summed E-state index contributed by atoms with van der Waals surface area (Å²) in [5.41, 5.74) is 5.66. The number of hydrogen-bond donors (Lipinski definition) is 0. The van der Waals surface area contributed by atoms with Crippen molar-refractivity contribution in [3.8, 4) is 17.1 Å². The zero-order valence-corrected chi connectivity index (χ0v) is 22.3. The predicted octanol–water partition coefficient (Wildman–Crippen LogP) is 3.97. The molecule has 36 heavy (non-hydrogen) atoms. The molecule has 1 aliphatic heterocycles. The first-order valence-electron chi connectivity index (χ1n) is 12.6. The van der Waals surface area contributed by atoms with Gasteiger partial charge in [0.05, 0.1) is 12.4 Å². The lowest BCUT2D eigenvalue weighted by Crippen LogP contribution is -2.39. The van der Waals surface area contributed by atoms with Gasteiger partial charge in [-0.3, -0.25) is 0 Å². The standard InChI is InChI=1S/C28H36N4O3S/c1-4-22-19-29-28(30-20-22)24-9-7-23(8-10-24)6-5-16-35-27-12-11-26-21-32(14-13-25(26)18-27)36(33,34)17-15-31(2)3/h7-12,18-20H,4-6,13-17,21H2,1-3H3. The molecule has 1 aliphatic rings. The summed E-state index contributed by atoms with van der Waals surface area (Å²) >= 11 is 0. The van der Waals surface area contributed by atoms with Crippen LogP contribution in [-0.2, 0) is 35.8 Å². The second kappa shape index (κ2) is 12.0. The minimum atomic E-state index is -3.24. The molecule has 0 saturated heterocycles. The average Bonchev–Trinajstić information content (AvgIpc) is 2.90. The van der Waals surface area contributed by atoms with Crippen LogP contribution in [-0.4, -0.2) is 67.1 Å². The lowest BCUT2D eigenvalue weighted by Gasteiger charge is -2.28. The SMILES string of the molecule is CCc1cnc(-c2ccc(CCCOc3ccc4c(c3)CCN(S(=O)(=O)CCN(C)C)C4)cc2)nc1. The predicted molar refractivity (Wildman–Crippen MR) is 144 cm³/mol. The summed E-state index contributed by atoms with van der Waals surface area (Å²) in [6.07, 6.45) is 7.27. The number of aryl methyl sites for hydroxylation is 2. The number of hydrogen-bond acceptors (Lipinski definition) is 6. The molecule has 2 aromatic carbocycles. The summed E-state index contributed by atoms with van der Waals surface area (Å²) in [5, 5.41) is 0. The van der Waals surface area contributed by atoms with Crippen LogP contribution >= 0.6 is 0 Å². The average molecular weight is 509 g/mol. The monoisotopic (exact) mass is 508 g/mol. The number of nitrogens with zero attached hydrogens (tertiary/aromatic N) is 4. The molecule has 192 valence electrons. The number of rotatable bonds is 11. The zero-order valence-electron chi connectivity index (χ0n) is 21.5. The Morgan fingerprint density at radius 1 is 1.00 bits per heavy atom. The number of fused-ring (bicyclic) bond motifs is 1. The summed E-state index contributed by atoms with van der Waals surface area (Å²) in [7, 11) is 0.537. The Hall–Kier alpha value is -2.81. The van der Waals surface area contributed by atoms with Gasteiger partial charge in [-0.1, -0.05) is 37.3 Å². The molecule has 0 spiro atoms. The van der Waals surface area contributed by atoms with Crippen LogP contribution in [0.25, 0.3) is 11.4 Å². The van der Waals surface area contributed by atoms with E-state index in [0.29, 0.717) is 32.7 Å². The molecule has 0 aliphatic carbocycles. The Morgan fingerprint density at radius 2 is 1.75 bits per heavy atom. The highest BCUT2D eigenvalue weighted by atomic mass is 32.2. The smallest absolute Gasteiger partial charge is 0.215 e. The van der Waals surface area contributed by atoms with Crippen molar-refractivity contribution in [3.63, 3.8) is 0 Å². The maximum Gasteiger partial charge on any atom is 0.215 e. The van der Waals surface area contributed by atoms with Crippen molar-refractivity contribution in [2.24, 2.45) is 0 Å². The van der Waals surface area contributed by atoms with Crippen molar-refractivity contribution in [2.45, 2.75) is 39.2 Å². The number of sulfonamides is 1. The summed E-state index contributed by atoms with van der Waals surface area (Å²) in [6.45, 7) is 4.22. The first-order chi connectivity index (χ1) is 17.3. The number of ether oxygens (including phenoxy) is 1. The highest BCUT2D eigenvalue weighted by molar-refractivity contribution is 7.89. The van der Waals surface area contributed by atoms with Gasteiger partial charge in [0.25, 0.3) is 0 Å². The number of aromatic nitrogens is 2. The van der Waals surface area contributed by atoms with Crippen molar-refractivity contribution in [2.75, 3.05) is 39.5 Å². The lowest BCUT2D eigenvalue weighted by atomic mass is 10.0. The molecule has 0 radical (unpaired) electrons. The molecule has 1 aromatic heterocycles. The normalized spacial score (nSPS) is 14.1. The van der Waals surface area contributed by atoms with Gasteiger partial charge in [0.15, 0.2) is 5.82 Å². The van der Waals surface area contributed by atoms with Crippen molar-refractivity contribution in [1.82, 2.24) is 19.2 Å². The van der Waals surface area contributed by atoms with Gasteiger partial charge in [-0.05, 0) is 74.2 Å². The first-order valence-corrected chi connectivity index (χ1v) is 14.2. The largest absolute Gasteiger partial charge is 0.494 e. The zero-order chi connectivity index (χ0) is 25.5. The van der Waals surface area contributed by atoms with E-state index in [1.165, 1.54) is 11.1 Å². The van der Waals surface area contributed by atoms with Crippen molar-refractivity contribution in [3.05, 3.63) is 77.1 Å². The van der Waals surface area contributed by atoms with Crippen LogP contribution in [0.3, 0.4) is 0 Å². The molecule has 7 nitrogen and oxygen atoms in total. The molecule has 0 unspecified atom stereocenters. The summed E-state index contributed by atoms with van der Waals surface area (Å²) in [6, 6.07) is 14.4. The van der Waals surface area contributed by atoms with E-state index < -0.39 is 10.0 Å². The van der Waals surface area contributed by atoms with Crippen LogP contribution in [0.2, 0.25) is 0 Å². The van der Waals surface area contributed by atoms with Crippen LogP contribution < -0.4 is 4.74 Å². The summed E-state index contributed by atoms with van der Waals surface area (Å²) < 4.78 is 32.9. The minimum absolute atomic E-state index is 0.152. The molecular formula is C28H36N4O3S. The Kier molecular flexibility index (Phi) is 8.72. The molecule has 0 atom stereocenters. The second-order valence-corrected chi connectivity index (χ2v) is 11.6. The summed E-state index contributed by atoms with van der Waals surface area (Å²) in [5.74, 6) is 1.75. The van der Waals surface area contributed by atoms with E-state index in [1.807, 2.05) is 43.5 Å². The van der Waals surface area contributed by atoms with Gasteiger partial charge in [-0.2, -0.15) is 4.31 Å². The third kappa shape index (κ3) is 6.90. The minimum Gasteiger partial charge on any atom is -0.494 e. The van der Waals surface area contributed by atoms with Gasteiger partial charge in [-0.25, -0.2) is 18.4 Å². The summed E-state index contributed by atoms with van der Waals surface area (Å²) in [4.78, 5) is 10.8. The van der Waals surface area contributed by atoms with Crippen molar-refractivity contribution >= 4 is 10.0 Å². The molecule has 0 saturated carbocycles. The Labute approximate surface area is 215 Å². The molecule has 0 bridgehead atoms. The van der Waals surface area contributed by atoms with Gasteiger partial charge in [0.2, 0.25) is 10.0 Å². The van der Waals surface area contributed by atoms with Gasteiger partial charge in [0.1, 0.15) is 5.75 Å². The second-order valence-electron chi connectivity index (χ2n) is 9.55. The Morgan fingerprint density at radius 3 is 2.44 bits per heavy atom. The van der Waals surface area contributed by atoms with E-state index in [4.69, 9.17) is 4.74 Å². The van der Waals surface area contributed by atoms with Gasteiger partial charge >= 0.3 is 0 Å². The molecule has 2 heterocycles. The van der Waals surface area contributed by atoms with Crippen LogP contribution in [0.1, 0.15) is 35.6 Å². The Balaban J connectivity index is 1.25. The number of benzene rings is 2. The fraction of sp³-hybridized carbons (Fsp3) is 0.429. The molecule has 3 aromatic rings. The van der Waals surface area contributed by atoms with Crippen molar-refractivity contribution < 1.29 is 13.2 Å². The molecule has 4 rings (SSSR count). The van der Waals surface area contributed by atoms with Crippen molar-refractivity contribution in [1.29, 1.82) is 0 Å². The molecule has 8 heteroatoms. The third-order valence-corrected chi connectivity index (χ3v) is 8.35. The van der Waals surface area contributed by atoms with Gasteiger partial charge < -0.3 is 9.64 Å². The molecule has 0 N–H and O–H groups in total. The van der Waals surface area contributed by atoms with Crippen LogP contribution in [0, 0.1) is 0 Å².